The average molecular weight is 348 g/mol. The fourth-order valence-electron chi connectivity index (χ4n) is 3.36. The highest BCUT2D eigenvalue weighted by atomic mass is 79.9. The molecule has 1 heterocycles. The number of H-pyrrole nitrogens is 1. The minimum atomic E-state index is 0.559. The summed E-state index contributed by atoms with van der Waals surface area (Å²) in [7, 11) is 0. The van der Waals surface area contributed by atoms with Crippen LogP contribution >= 0.6 is 15.9 Å². The summed E-state index contributed by atoms with van der Waals surface area (Å²) < 4.78 is 1.07. The Bertz CT molecular complexity index is 598. The topological polar surface area (TPSA) is 54.7 Å². The second kappa shape index (κ2) is 6.65. The highest BCUT2D eigenvalue weighted by Crippen LogP contribution is 2.38. The Morgan fingerprint density at radius 3 is 2.52 bits per heavy atom. The first-order valence-corrected chi connectivity index (χ1v) is 8.64. The number of aromatic nitrogens is 2. The minimum absolute atomic E-state index is 0.559. The van der Waals surface area contributed by atoms with Crippen LogP contribution < -0.4 is 5.73 Å². The maximum absolute atomic E-state index is 6.14. The molecule has 1 aromatic heterocycles. The molecule has 2 aromatic rings. The number of hydrogen-bond acceptors (Lipinski definition) is 2. The molecule has 1 aromatic carbocycles. The third-order valence-corrected chi connectivity index (χ3v) is 4.94. The molecule has 0 radical (unpaired) electrons. The van der Waals surface area contributed by atoms with E-state index in [9.17, 15) is 0 Å². The first kappa shape index (κ1) is 14.6. The van der Waals surface area contributed by atoms with Crippen LogP contribution in [0.4, 0.5) is 5.82 Å². The van der Waals surface area contributed by atoms with Gasteiger partial charge in [-0.2, -0.15) is 5.10 Å². The Morgan fingerprint density at radius 1 is 1.10 bits per heavy atom. The third kappa shape index (κ3) is 3.31. The monoisotopic (exact) mass is 347 g/mol. The predicted molar refractivity (Wildman–Crippen MR) is 91.2 cm³/mol. The van der Waals surface area contributed by atoms with Crippen LogP contribution in [0.25, 0.3) is 11.1 Å². The van der Waals surface area contributed by atoms with E-state index >= 15 is 0 Å². The van der Waals surface area contributed by atoms with Crippen LogP contribution in [0.3, 0.4) is 0 Å². The molecule has 1 saturated carbocycles. The third-order valence-electron chi connectivity index (χ3n) is 4.45. The highest BCUT2D eigenvalue weighted by molar-refractivity contribution is 9.10. The lowest BCUT2D eigenvalue weighted by Gasteiger charge is -2.20. The Morgan fingerprint density at radius 2 is 1.81 bits per heavy atom. The molecule has 0 aliphatic heterocycles. The zero-order valence-corrected chi connectivity index (χ0v) is 13.8. The zero-order chi connectivity index (χ0) is 14.7. The molecular formula is C17H22BrN3. The number of nitrogen functional groups attached to an aromatic ring is 1. The molecule has 112 valence electrons. The minimum Gasteiger partial charge on any atom is -0.382 e. The number of hydrogen-bond donors (Lipinski definition) is 2. The van der Waals surface area contributed by atoms with Gasteiger partial charge in [0.05, 0.1) is 0 Å². The van der Waals surface area contributed by atoms with Crippen molar-refractivity contribution >= 4 is 21.7 Å². The number of anilines is 1. The summed E-state index contributed by atoms with van der Waals surface area (Å²) in [4.78, 5) is 0. The van der Waals surface area contributed by atoms with Crippen molar-refractivity contribution in [1.82, 2.24) is 10.2 Å². The summed E-state index contributed by atoms with van der Waals surface area (Å²) in [6, 6.07) is 8.31. The van der Waals surface area contributed by atoms with Crippen molar-refractivity contribution in [3.05, 3.63) is 34.4 Å². The summed E-state index contributed by atoms with van der Waals surface area (Å²) >= 11 is 3.54. The molecule has 1 aliphatic rings. The van der Waals surface area contributed by atoms with Crippen molar-refractivity contribution < 1.29 is 0 Å². The fraction of sp³-hybridized carbons (Fsp3) is 0.471. The number of halogens is 1. The van der Waals surface area contributed by atoms with E-state index in [2.05, 4.69) is 38.3 Å². The van der Waals surface area contributed by atoms with Gasteiger partial charge in [0.15, 0.2) is 5.82 Å². The van der Waals surface area contributed by atoms with Crippen LogP contribution in [-0.4, -0.2) is 10.2 Å². The number of nitrogens with zero attached hydrogens (tertiary/aromatic N) is 1. The van der Waals surface area contributed by atoms with Gasteiger partial charge in [-0.05, 0) is 30.5 Å². The normalized spacial score (nSPS) is 17.4. The zero-order valence-electron chi connectivity index (χ0n) is 12.2. The maximum Gasteiger partial charge on any atom is 0.153 e. The number of nitrogens with two attached hydrogens (primary N) is 1. The van der Waals surface area contributed by atoms with Crippen molar-refractivity contribution in [2.24, 2.45) is 0 Å². The molecule has 3 nitrogen and oxygen atoms in total. The van der Waals surface area contributed by atoms with E-state index in [1.165, 1.54) is 50.6 Å². The summed E-state index contributed by atoms with van der Waals surface area (Å²) in [6.07, 6.45) is 9.18. The Kier molecular flexibility index (Phi) is 4.63. The molecule has 0 spiro atoms. The second-order valence-corrected chi connectivity index (χ2v) is 6.87. The molecule has 0 unspecified atom stereocenters. The van der Waals surface area contributed by atoms with Gasteiger partial charge in [0.2, 0.25) is 0 Å². The van der Waals surface area contributed by atoms with Gasteiger partial charge in [-0.25, -0.2) is 0 Å². The van der Waals surface area contributed by atoms with E-state index in [0.717, 1.165) is 15.6 Å². The van der Waals surface area contributed by atoms with Crippen molar-refractivity contribution in [2.45, 2.75) is 50.9 Å². The Hall–Kier alpha value is -1.29. The van der Waals surface area contributed by atoms with E-state index in [0.29, 0.717) is 11.7 Å². The number of rotatable bonds is 2. The van der Waals surface area contributed by atoms with Crippen LogP contribution in [0, 0.1) is 0 Å². The largest absolute Gasteiger partial charge is 0.382 e. The Labute approximate surface area is 134 Å². The second-order valence-electron chi connectivity index (χ2n) is 5.95. The van der Waals surface area contributed by atoms with Gasteiger partial charge in [-0.1, -0.05) is 60.2 Å². The molecule has 4 heteroatoms. The van der Waals surface area contributed by atoms with Crippen LogP contribution in [0.15, 0.2) is 28.7 Å². The molecule has 0 bridgehead atoms. The van der Waals surface area contributed by atoms with E-state index in [-0.39, 0.29) is 0 Å². The standard InChI is InChI=1S/C17H22BrN3/c18-14-10-6-9-13(11-14)15-16(20-21-17(15)19)12-7-4-2-1-3-5-8-12/h6,9-12H,1-5,7-8H2,(H3,19,20,21). The molecule has 1 fully saturated rings. The maximum atomic E-state index is 6.14. The van der Waals surface area contributed by atoms with Gasteiger partial charge < -0.3 is 5.73 Å². The summed E-state index contributed by atoms with van der Waals surface area (Å²) in [5, 5.41) is 7.51. The molecule has 0 amide bonds. The Balaban J connectivity index is 1.96. The average Bonchev–Trinajstić information content (AvgIpc) is 2.80. The number of nitrogens with one attached hydrogen (secondary N) is 1. The summed E-state index contributed by atoms with van der Waals surface area (Å²) in [6.45, 7) is 0. The van der Waals surface area contributed by atoms with Crippen molar-refractivity contribution in [2.75, 3.05) is 5.73 Å². The molecule has 3 N–H and O–H groups in total. The quantitative estimate of drug-likeness (QED) is 0.779. The molecule has 0 saturated heterocycles. The molecule has 1 aliphatic carbocycles. The van der Waals surface area contributed by atoms with Gasteiger partial charge in [0.1, 0.15) is 0 Å². The van der Waals surface area contributed by atoms with E-state index in [1.807, 2.05) is 12.1 Å². The predicted octanol–water partition coefficient (Wildman–Crippen LogP) is 5.25. The lowest BCUT2D eigenvalue weighted by Crippen LogP contribution is -2.04. The van der Waals surface area contributed by atoms with Crippen molar-refractivity contribution in [1.29, 1.82) is 0 Å². The lowest BCUT2D eigenvalue weighted by molar-refractivity contribution is 0.449. The van der Waals surface area contributed by atoms with E-state index in [1.54, 1.807) is 0 Å². The SMILES string of the molecule is Nc1n[nH]c(C2CCCCCCC2)c1-c1cccc(Br)c1. The van der Waals surface area contributed by atoms with Gasteiger partial charge in [0, 0.05) is 21.6 Å². The van der Waals surface area contributed by atoms with E-state index in [4.69, 9.17) is 5.73 Å². The van der Waals surface area contributed by atoms with Gasteiger partial charge in [-0.15, -0.1) is 0 Å². The van der Waals surface area contributed by atoms with Gasteiger partial charge in [-0.3, -0.25) is 5.10 Å². The fourth-order valence-corrected chi connectivity index (χ4v) is 3.76. The molecule has 0 atom stereocenters. The smallest absolute Gasteiger partial charge is 0.153 e. The van der Waals surface area contributed by atoms with Crippen LogP contribution in [0.2, 0.25) is 0 Å². The van der Waals surface area contributed by atoms with Crippen LogP contribution in [0.5, 0.6) is 0 Å². The highest BCUT2D eigenvalue weighted by Gasteiger charge is 2.22. The molecule has 3 rings (SSSR count). The summed E-state index contributed by atoms with van der Waals surface area (Å²) in [5.41, 5.74) is 9.62. The molecule has 21 heavy (non-hydrogen) atoms. The first-order valence-electron chi connectivity index (χ1n) is 7.85. The van der Waals surface area contributed by atoms with Crippen LogP contribution in [0.1, 0.15) is 56.6 Å². The van der Waals surface area contributed by atoms with Gasteiger partial charge in [0.25, 0.3) is 0 Å². The first-order chi connectivity index (χ1) is 10.3. The van der Waals surface area contributed by atoms with E-state index < -0.39 is 0 Å². The number of aromatic amines is 1. The van der Waals surface area contributed by atoms with Gasteiger partial charge >= 0.3 is 0 Å². The summed E-state index contributed by atoms with van der Waals surface area (Å²) in [5.74, 6) is 1.18. The van der Waals surface area contributed by atoms with Crippen molar-refractivity contribution in [3.8, 4) is 11.1 Å². The van der Waals surface area contributed by atoms with Crippen molar-refractivity contribution in [3.63, 3.8) is 0 Å². The molecular weight excluding hydrogens is 326 g/mol. The lowest BCUT2D eigenvalue weighted by atomic mass is 9.86. The number of benzene rings is 1. The van der Waals surface area contributed by atoms with Crippen LogP contribution in [-0.2, 0) is 0 Å².